The van der Waals surface area contributed by atoms with Crippen molar-refractivity contribution in [3.8, 4) is 0 Å². The highest BCUT2D eigenvalue weighted by atomic mass is 16.2. The Hall–Kier alpha value is -5.77. The van der Waals surface area contributed by atoms with Gasteiger partial charge in [0.05, 0.1) is 25.2 Å². The molecule has 0 saturated carbocycles. The molecular formula is C107H204N4O17. The van der Waals surface area contributed by atoms with Crippen LogP contribution in [-0.4, -0.2) is 123 Å². The van der Waals surface area contributed by atoms with E-state index in [0.29, 0.717) is 82.5 Å². The number of Topliss-reactive ketones (excluding diaryl/α,β-unsaturated/α-hetero) is 17. The summed E-state index contributed by atoms with van der Waals surface area (Å²) < 4.78 is 0. The van der Waals surface area contributed by atoms with Crippen molar-refractivity contribution < 1.29 is 81.5 Å². The minimum atomic E-state index is -0.355. The van der Waals surface area contributed by atoms with Gasteiger partial charge in [0.2, 0.25) is 0 Å². The van der Waals surface area contributed by atoms with Gasteiger partial charge < -0.3 is 22.9 Å². The van der Waals surface area contributed by atoms with Gasteiger partial charge in [-0.1, -0.05) is 346 Å². The summed E-state index contributed by atoms with van der Waals surface area (Å²) >= 11 is 0. The Balaban J connectivity index is -0.000000152. The zero-order valence-corrected chi connectivity index (χ0v) is 92.3. The molecule has 0 radical (unpaired) electrons. The normalized spacial score (nSPS) is 13.9. The number of carbonyl (C=O) groups is 17. The minimum absolute atomic E-state index is 0.0222. The van der Waals surface area contributed by atoms with Crippen LogP contribution in [0.4, 0.5) is 0 Å². The van der Waals surface area contributed by atoms with E-state index in [1.165, 1.54) is 0 Å². The number of carbonyl (C=O) groups excluding carboxylic acids is 17. The van der Waals surface area contributed by atoms with Gasteiger partial charge in [0, 0.05) is 179 Å². The Kier molecular flexibility index (Phi) is 72.4. The van der Waals surface area contributed by atoms with E-state index in [-0.39, 0.29) is 249 Å². The van der Waals surface area contributed by atoms with Crippen LogP contribution in [0.25, 0.3) is 0 Å². The maximum Gasteiger partial charge on any atom is 0.155 e. The molecule has 0 fully saturated rings. The molecule has 0 heterocycles. The maximum atomic E-state index is 12.2. The molecule has 0 rings (SSSR count). The average Bonchev–Trinajstić information content (AvgIpc) is 0.801. The lowest BCUT2D eigenvalue weighted by Crippen LogP contribution is -2.42. The van der Waals surface area contributed by atoms with Gasteiger partial charge in [-0.25, -0.2) is 0 Å². The largest absolute Gasteiger partial charge is 0.324 e. The molecule has 0 saturated heterocycles. The van der Waals surface area contributed by atoms with Crippen LogP contribution in [0, 0.1) is 131 Å². The van der Waals surface area contributed by atoms with Crippen molar-refractivity contribution in [3.63, 3.8) is 0 Å². The Bertz CT molecular complexity index is 3360. The SMILES string of the molecule is CC(C)(C)C(=O)CCC(=O)CN.CC(C)(C)C(=O)CN.CC(C)C(=O)CC(C(=O)C(C)(C)C)C(C)C.CC(C)C(=O)CCC(=O)C(C)(C)C.CC(C)C(C)C(=O)CCC(=O)C(C)(C)C.CC(C)C(N)C(=O)C(C)(C)C.CC(CC(=O)C(C)C(C)C)C(=O)C(C)(C)C.CC(N)C(=O)C(C)(C)C.CCC(=O)CC(C(=O)C(C)(C)C)C(C)C.CCC(=O)CC(C)C(=O)C(C)(C)C. The van der Waals surface area contributed by atoms with Crippen LogP contribution in [0.15, 0.2) is 0 Å². The van der Waals surface area contributed by atoms with Gasteiger partial charge in [0.15, 0.2) is 17.3 Å². The summed E-state index contributed by atoms with van der Waals surface area (Å²) in [6.07, 6.45) is 4.81. The second-order valence-corrected chi connectivity index (χ2v) is 47.7. The van der Waals surface area contributed by atoms with Crippen molar-refractivity contribution in [1.82, 2.24) is 0 Å². The summed E-state index contributed by atoms with van der Waals surface area (Å²) in [4.78, 5) is 195. The van der Waals surface area contributed by atoms with Crippen molar-refractivity contribution in [2.24, 2.45) is 154 Å². The first-order valence-corrected chi connectivity index (χ1v) is 47.5. The first-order valence-electron chi connectivity index (χ1n) is 47.5. The third-order valence-electron chi connectivity index (χ3n) is 21.6. The fraction of sp³-hybridized carbons (Fsp3) is 0.841. The Morgan fingerprint density at radius 2 is 0.484 bits per heavy atom. The highest BCUT2D eigenvalue weighted by Gasteiger charge is 2.37. The van der Waals surface area contributed by atoms with Gasteiger partial charge in [0.1, 0.15) is 81.0 Å². The van der Waals surface area contributed by atoms with Crippen LogP contribution >= 0.6 is 0 Å². The van der Waals surface area contributed by atoms with E-state index in [0.717, 1.165) is 0 Å². The Morgan fingerprint density at radius 1 is 0.227 bits per heavy atom. The van der Waals surface area contributed by atoms with Crippen LogP contribution < -0.4 is 22.9 Å². The highest BCUT2D eigenvalue weighted by Crippen LogP contribution is 2.32. The predicted molar refractivity (Wildman–Crippen MR) is 534 cm³/mol. The molecule has 0 bridgehead atoms. The van der Waals surface area contributed by atoms with Gasteiger partial charge in [-0.15, -0.1) is 0 Å². The second kappa shape index (κ2) is 65.0. The van der Waals surface area contributed by atoms with Gasteiger partial charge in [-0.3, -0.25) is 81.5 Å². The molecule has 754 valence electrons. The summed E-state index contributed by atoms with van der Waals surface area (Å²) in [5.41, 5.74) is 18.1. The zero-order valence-electron chi connectivity index (χ0n) is 92.3. The molecule has 0 spiro atoms. The minimum Gasteiger partial charge on any atom is -0.324 e. The van der Waals surface area contributed by atoms with Crippen molar-refractivity contribution in [2.45, 2.75) is 442 Å². The molecule has 128 heavy (non-hydrogen) atoms. The van der Waals surface area contributed by atoms with Crippen molar-refractivity contribution in [2.75, 3.05) is 13.1 Å². The summed E-state index contributed by atoms with van der Waals surface area (Å²) in [5.74, 6) is 3.77. The molecule has 0 aromatic rings. The maximum absolute atomic E-state index is 12.2. The number of hydrogen-bond acceptors (Lipinski definition) is 21. The highest BCUT2D eigenvalue weighted by molar-refractivity contribution is 5.95. The molecular weight excluding hydrogens is 1610 g/mol. The number of ketones is 17. The van der Waals surface area contributed by atoms with E-state index < -0.39 is 0 Å². The third kappa shape index (κ3) is 72.8. The first-order chi connectivity index (χ1) is 56.5. The average molecular weight is 1820 g/mol. The van der Waals surface area contributed by atoms with Crippen LogP contribution in [0.1, 0.15) is 430 Å². The van der Waals surface area contributed by atoms with Crippen LogP contribution in [-0.2, 0) is 81.5 Å². The van der Waals surface area contributed by atoms with Gasteiger partial charge in [0.25, 0.3) is 0 Å². The summed E-state index contributed by atoms with van der Waals surface area (Å²) in [7, 11) is 0. The number of nitrogens with two attached hydrogens (primary N) is 4. The summed E-state index contributed by atoms with van der Waals surface area (Å²) in [6, 6.07) is -0.639. The molecule has 21 nitrogen and oxygen atoms in total. The molecule has 0 amide bonds. The fourth-order valence-corrected chi connectivity index (χ4v) is 10.9. The van der Waals surface area contributed by atoms with E-state index in [1.807, 2.05) is 346 Å². The van der Waals surface area contributed by atoms with Gasteiger partial charge in [-0.2, -0.15) is 0 Å². The van der Waals surface area contributed by atoms with E-state index in [4.69, 9.17) is 22.9 Å². The molecule has 0 aromatic carbocycles. The molecule has 8 unspecified atom stereocenters. The van der Waals surface area contributed by atoms with Crippen molar-refractivity contribution in [3.05, 3.63) is 0 Å². The third-order valence-corrected chi connectivity index (χ3v) is 21.6. The van der Waals surface area contributed by atoms with E-state index >= 15 is 0 Å². The predicted octanol–water partition coefficient (Wildman–Crippen LogP) is 22.7. The molecule has 8 atom stereocenters. The topological polar surface area (TPSA) is 394 Å². The monoisotopic (exact) mass is 1820 g/mol. The Labute approximate surface area is 785 Å². The summed E-state index contributed by atoms with van der Waals surface area (Å²) in [5, 5.41) is 0. The smallest absolute Gasteiger partial charge is 0.155 e. The molecule has 8 N–H and O–H groups in total. The molecule has 0 aliphatic heterocycles. The zero-order chi connectivity index (χ0) is 105. The standard InChI is InChI=1S/2C14H26O2.2C13H24O2.2C11H20O2.C9H17NO2.C9H19NO.C7H15NO.C6H13NO/c1-9(2)11(4)12(15)8-10(3)13(16)14(5,6)7;1-9(2)11(8-12(15)10(3)4)13(16)14(5,6)7;1-9(2)10(3)11(14)7-8-12(15)13(4,5)6;1-7-10(14)8-11(9(2)3)12(15)13(4,5)6;1-8(2)9(12)6-7-10(13)11(3,4)5;1-6-9(12)7-8(2)10(13)11(3,4)5;1-9(2,3)8(12)5-4-7(11)6-10;1-6(2)7(10)8(11)9(3,4)5;1-5(8)6(9)7(2,3)4;1-6(2,3)5(8)4-7/h2*9-11H,8H2,1-7H3;9-10H,7-8H2,1-6H3;9,11H,7-8H2,1-6H3;2*8H,6-7H2,1-5H3;4-6,10H2,1-3H3;6-7H,10H2,1-5H3;5H,8H2,1-4H3;4,7H2,1-3H3. The molecule has 21 heteroatoms. The van der Waals surface area contributed by atoms with Crippen LogP contribution in [0.5, 0.6) is 0 Å². The molecule has 0 aromatic heterocycles. The Morgan fingerprint density at radius 3 is 0.688 bits per heavy atom. The second-order valence-electron chi connectivity index (χ2n) is 47.7. The van der Waals surface area contributed by atoms with Crippen LogP contribution in [0.2, 0.25) is 0 Å². The fourth-order valence-electron chi connectivity index (χ4n) is 10.9. The summed E-state index contributed by atoms with van der Waals surface area (Å²) in [6.45, 7) is 97.5. The lowest BCUT2D eigenvalue weighted by Gasteiger charge is -2.27. The number of rotatable bonds is 36. The van der Waals surface area contributed by atoms with E-state index in [2.05, 4.69) is 0 Å². The van der Waals surface area contributed by atoms with E-state index in [1.54, 1.807) is 6.92 Å². The van der Waals surface area contributed by atoms with Crippen molar-refractivity contribution >= 4 is 98.3 Å². The van der Waals surface area contributed by atoms with Gasteiger partial charge >= 0.3 is 0 Å². The first kappa shape index (κ1) is 143. The van der Waals surface area contributed by atoms with Crippen molar-refractivity contribution in [1.29, 1.82) is 0 Å². The number of hydrogen-bond donors (Lipinski definition) is 4. The molecule has 0 aliphatic carbocycles. The van der Waals surface area contributed by atoms with Gasteiger partial charge in [-0.05, 0) is 36.5 Å². The van der Waals surface area contributed by atoms with Crippen LogP contribution in [0.3, 0.4) is 0 Å². The quantitative estimate of drug-likeness (QED) is 0.0452. The lowest BCUT2D eigenvalue weighted by molar-refractivity contribution is -0.135. The van der Waals surface area contributed by atoms with E-state index in [9.17, 15) is 81.5 Å². The lowest BCUT2D eigenvalue weighted by atomic mass is 9.75. The molecule has 0 aliphatic rings.